The van der Waals surface area contributed by atoms with E-state index in [0.29, 0.717) is 25.1 Å². The van der Waals surface area contributed by atoms with Crippen LogP contribution in [-0.4, -0.2) is 42.8 Å². The van der Waals surface area contributed by atoms with E-state index < -0.39 is 17.7 Å². The highest BCUT2D eigenvalue weighted by molar-refractivity contribution is 6.46. The fraction of sp³-hybridized carbons (Fsp3) is 0.182. The van der Waals surface area contributed by atoms with Crippen LogP contribution in [0.25, 0.3) is 5.76 Å². The van der Waals surface area contributed by atoms with Crippen LogP contribution in [-0.2, 0) is 16.1 Å². The summed E-state index contributed by atoms with van der Waals surface area (Å²) in [6, 6.07) is 11.7. The van der Waals surface area contributed by atoms with Crippen molar-refractivity contribution < 1.29 is 14.7 Å². The van der Waals surface area contributed by atoms with Crippen molar-refractivity contribution in [3.63, 3.8) is 0 Å². The Balaban J connectivity index is 1.70. The topological polar surface area (TPSA) is 88.3 Å². The monoisotopic (exact) mass is 388 g/mol. The zero-order valence-corrected chi connectivity index (χ0v) is 15.7. The van der Waals surface area contributed by atoms with E-state index in [4.69, 9.17) is 0 Å². The minimum absolute atomic E-state index is 0.107. The summed E-state index contributed by atoms with van der Waals surface area (Å²) in [5.41, 5.74) is 1.34. The smallest absolute Gasteiger partial charge is 0.295 e. The summed E-state index contributed by atoms with van der Waals surface area (Å²) in [4.78, 5) is 35.3. The molecule has 1 aliphatic rings. The summed E-state index contributed by atoms with van der Waals surface area (Å²) in [7, 11) is 0. The van der Waals surface area contributed by atoms with Crippen LogP contribution in [0.4, 0.5) is 0 Å². The first-order valence-electron chi connectivity index (χ1n) is 9.36. The van der Waals surface area contributed by atoms with E-state index in [9.17, 15) is 14.7 Å². The van der Waals surface area contributed by atoms with E-state index in [1.807, 2.05) is 16.8 Å². The summed E-state index contributed by atoms with van der Waals surface area (Å²) in [6.07, 6.45) is 9.14. The molecule has 1 aliphatic heterocycles. The summed E-state index contributed by atoms with van der Waals surface area (Å²) in [6.45, 7) is 1.05. The van der Waals surface area contributed by atoms with E-state index >= 15 is 0 Å². The van der Waals surface area contributed by atoms with E-state index in [2.05, 4.69) is 9.97 Å². The van der Waals surface area contributed by atoms with Gasteiger partial charge in [0.1, 0.15) is 5.76 Å². The number of likely N-dealkylation sites (tertiary alicyclic amines) is 1. The second-order valence-corrected chi connectivity index (χ2v) is 6.79. The van der Waals surface area contributed by atoms with Crippen molar-refractivity contribution in [3.05, 3.63) is 90.3 Å². The zero-order chi connectivity index (χ0) is 20.2. The number of aromatic nitrogens is 3. The number of aliphatic hydroxyl groups is 1. The molecule has 0 radical (unpaired) electrons. The van der Waals surface area contributed by atoms with Gasteiger partial charge in [-0.15, -0.1) is 0 Å². The van der Waals surface area contributed by atoms with Crippen LogP contribution >= 0.6 is 0 Å². The number of hydrogen-bond acceptors (Lipinski definition) is 5. The van der Waals surface area contributed by atoms with Crippen LogP contribution < -0.4 is 0 Å². The highest BCUT2D eigenvalue weighted by atomic mass is 16.3. The molecule has 7 nitrogen and oxygen atoms in total. The molecule has 3 aromatic rings. The first-order chi connectivity index (χ1) is 14.2. The Morgan fingerprint density at radius 1 is 0.966 bits per heavy atom. The van der Waals surface area contributed by atoms with Gasteiger partial charge in [0.05, 0.1) is 17.9 Å². The van der Waals surface area contributed by atoms with Crippen LogP contribution in [0.3, 0.4) is 0 Å². The fourth-order valence-corrected chi connectivity index (χ4v) is 3.60. The maximum atomic E-state index is 12.9. The number of ketones is 1. The van der Waals surface area contributed by atoms with Crippen LogP contribution in [0.5, 0.6) is 0 Å². The van der Waals surface area contributed by atoms with E-state index in [0.717, 1.165) is 5.56 Å². The first kappa shape index (κ1) is 18.6. The van der Waals surface area contributed by atoms with Crippen LogP contribution in [0, 0.1) is 0 Å². The van der Waals surface area contributed by atoms with Crippen molar-refractivity contribution in [2.24, 2.45) is 0 Å². The van der Waals surface area contributed by atoms with Crippen molar-refractivity contribution in [2.45, 2.75) is 19.0 Å². The molecule has 1 unspecified atom stereocenters. The van der Waals surface area contributed by atoms with Gasteiger partial charge >= 0.3 is 0 Å². The molecule has 1 amide bonds. The van der Waals surface area contributed by atoms with Gasteiger partial charge in [-0.25, -0.2) is 4.98 Å². The molecule has 146 valence electrons. The van der Waals surface area contributed by atoms with E-state index in [1.165, 1.54) is 4.90 Å². The Bertz CT molecular complexity index is 1030. The molecule has 0 bridgehead atoms. The van der Waals surface area contributed by atoms with Crippen LogP contribution in [0.15, 0.2) is 79.2 Å². The summed E-state index contributed by atoms with van der Waals surface area (Å²) >= 11 is 0. The third-order valence-corrected chi connectivity index (χ3v) is 4.98. The summed E-state index contributed by atoms with van der Waals surface area (Å²) in [5.74, 6) is -1.44. The van der Waals surface area contributed by atoms with Crippen molar-refractivity contribution >= 4 is 17.4 Å². The first-order valence-corrected chi connectivity index (χ1v) is 9.36. The maximum absolute atomic E-state index is 12.9. The lowest BCUT2D eigenvalue weighted by Crippen LogP contribution is -2.31. The van der Waals surface area contributed by atoms with Crippen LogP contribution in [0.1, 0.15) is 23.6 Å². The number of imidazole rings is 1. The highest BCUT2D eigenvalue weighted by Gasteiger charge is 2.45. The molecule has 1 saturated heterocycles. The lowest BCUT2D eigenvalue weighted by Gasteiger charge is -2.25. The van der Waals surface area contributed by atoms with Crippen molar-refractivity contribution in [1.82, 2.24) is 19.4 Å². The molecule has 1 atom stereocenters. The van der Waals surface area contributed by atoms with Gasteiger partial charge in [-0.2, -0.15) is 0 Å². The summed E-state index contributed by atoms with van der Waals surface area (Å²) < 4.78 is 1.92. The third-order valence-electron chi connectivity index (χ3n) is 4.98. The predicted molar refractivity (Wildman–Crippen MR) is 107 cm³/mol. The second kappa shape index (κ2) is 8.10. The van der Waals surface area contributed by atoms with Gasteiger partial charge in [-0.1, -0.05) is 30.3 Å². The molecule has 0 spiro atoms. The van der Waals surface area contributed by atoms with E-state index in [-0.39, 0.29) is 11.3 Å². The molecule has 2 aromatic heterocycles. The molecule has 1 aromatic carbocycles. The lowest BCUT2D eigenvalue weighted by atomic mass is 9.96. The largest absolute Gasteiger partial charge is 0.507 e. The summed E-state index contributed by atoms with van der Waals surface area (Å²) in [5, 5.41) is 10.9. The van der Waals surface area contributed by atoms with Crippen molar-refractivity contribution in [3.8, 4) is 0 Å². The standard InChI is InChI=1S/C22H20N4O3/c27-20(17-5-2-1-3-6-17)18-19(16-7-9-23-10-8-16)26(22(29)21(18)28)13-4-12-25-14-11-24-15-25/h1-3,5-11,14-15,19,27H,4,12-13H2/b20-18+. The Hall–Kier alpha value is -3.74. The number of aryl methyl sites for hydroxylation is 1. The van der Waals surface area contributed by atoms with Gasteiger partial charge < -0.3 is 14.6 Å². The number of carbonyl (C=O) groups is 2. The van der Waals surface area contributed by atoms with Gasteiger partial charge in [0.25, 0.3) is 11.7 Å². The molecule has 1 fully saturated rings. The number of rotatable bonds is 6. The van der Waals surface area contributed by atoms with Crippen molar-refractivity contribution in [2.75, 3.05) is 6.54 Å². The lowest BCUT2D eigenvalue weighted by molar-refractivity contribution is -0.139. The number of pyridine rings is 1. The van der Waals surface area contributed by atoms with Gasteiger partial charge in [0.15, 0.2) is 0 Å². The average Bonchev–Trinajstić information content (AvgIpc) is 3.37. The number of hydrogen-bond donors (Lipinski definition) is 1. The molecule has 0 aliphatic carbocycles. The van der Waals surface area contributed by atoms with Crippen molar-refractivity contribution in [1.29, 1.82) is 0 Å². The number of carbonyl (C=O) groups excluding carboxylic acids is 2. The fourth-order valence-electron chi connectivity index (χ4n) is 3.60. The Labute approximate surface area is 168 Å². The second-order valence-electron chi connectivity index (χ2n) is 6.79. The molecular formula is C22H20N4O3. The molecule has 0 saturated carbocycles. The molecular weight excluding hydrogens is 368 g/mol. The minimum Gasteiger partial charge on any atom is -0.507 e. The molecule has 7 heteroatoms. The Morgan fingerprint density at radius 2 is 1.72 bits per heavy atom. The Kier molecular flexibility index (Phi) is 5.20. The highest BCUT2D eigenvalue weighted by Crippen LogP contribution is 2.39. The maximum Gasteiger partial charge on any atom is 0.295 e. The molecule has 29 heavy (non-hydrogen) atoms. The molecule has 4 rings (SSSR count). The van der Waals surface area contributed by atoms with Gasteiger partial charge in [0, 0.05) is 43.4 Å². The normalized spacial score (nSPS) is 18.3. The number of aliphatic hydroxyl groups excluding tert-OH is 1. The van der Waals surface area contributed by atoms with Crippen LogP contribution in [0.2, 0.25) is 0 Å². The van der Waals surface area contributed by atoms with Gasteiger partial charge in [-0.3, -0.25) is 14.6 Å². The number of benzene rings is 1. The number of nitrogens with zero attached hydrogens (tertiary/aromatic N) is 4. The SMILES string of the molecule is O=C1C(=O)N(CCCn2ccnc2)C(c2ccncc2)/C1=C(\O)c1ccccc1. The number of Topliss-reactive ketones (excluding diaryl/α,β-unsaturated/α-hetero) is 1. The zero-order valence-electron chi connectivity index (χ0n) is 15.7. The van der Waals surface area contributed by atoms with Gasteiger partial charge in [-0.05, 0) is 24.1 Å². The predicted octanol–water partition coefficient (Wildman–Crippen LogP) is 2.79. The Morgan fingerprint density at radius 3 is 2.41 bits per heavy atom. The third kappa shape index (κ3) is 3.67. The molecule has 3 heterocycles. The molecule has 1 N–H and O–H groups in total. The average molecular weight is 388 g/mol. The van der Waals surface area contributed by atoms with Gasteiger partial charge in [0.2, 0.25) is 0 Å². The minimum atomic E-state index is -0.671. The van der Waals surface area contributed by atoms with E-state index in [1.54, 1.807) is 61.3 Å². The number of amides is 1. The quantitative estimate of drug-likeness (QED) is 0.399.